The maximum atomic E-state index is 12.2. The lowest BCUT2D eigenvalue weighted by Crippen LogP contribution is -2.09. The molecule has 0 heterocycles. The van der Waals surface area contributed by atoms with Crippen molar-refractivity contribution in [2.24, 2.45) is 10.2 Å². The minimum absolute atomic E-state index is 0.0931. The molecule has 0 fully saturated rings. The lowest BCUT2D eigenvalue weighted by atomic mass is 10.2. The topological polar surface area (TPSA) is 109 Å². The van der Waals surface area contributed by atoms with E-state index in [0.717, 1.165) is 0 Å². The third kappa shape index (κ3) is 5.25. The molecule has 0 spiro atoms. The van der Waals surface area contributed by atoms with Crippen LogP contribution in [0.15, 0.2) is 87.9 Å². The Morgan fingerprint density at radius 1 is 0.931 bits per heavy atom. The molecule has 0 aliphatic heterocycles. The second-order valence-electron chi connectivity index (χ2n) is 5.68. The SMILES string of the molecule is N#Cc1cc(N=Nc2cccc(S(=O)(=O)Cl)c2)ccc1OC(=O)c1ccccc1. The third-order valence-corrected chi connectivity index (χ3v) is 5.03. The Morgan fingerprint density at radius 2 is 1.62 bits per heavy atom. The molecular formula is C20H12ClN3O4S. The van der Waals surface area contributed by atoms with E-state index < -0.39 is 15.0 Å². The number of hydrogen-bond acceptors (Lipinski definition) is 7. The first-order valence-electron chi connectivity index (χ1n) is 8.15. The van der Waals surface area contributed by atoms with Crippen LogP contribution in [-0.2, 0) is 9.05 Å². The lowest BCUT2D eigenvalue weighted by molar-refractivity contribution is 0.0734. The molecule has 29 heavy (non-hydrogen) atoms. The van der Waals surface area contributed by atoms with Crippen molar-refractivity contribution in [3.05, 3.63) is 83.9 Å². The van der Waals surface area contributed by atoms with E-state index in [1.807, 2.05) is 6.07 Å². The summed E-state index contributed by atoms with van der Waals surface area (Å²) < 4.78 is 28.1. The molecule has 0 aliphatic rings. The van der Waals surface area contributed by atoms with Gasteiger partial charge in [0.2, 0.25) is 0 Å². The van der Waals surface area contributed by atoms with Gasteiger partial charge >= 0.3 is 5.97 Å². The van der Waals surface area contributed by atoms with E-state index in [0.29, 0.717) is 11.3 Å². The number of benzene rings is 3. The maximum Gasteiger partial charge on any atom is 0.343 e. The Balaban J connectivity index is 1.81. The number of esters is 1. The molecule has 0 atom stereocenters. The number of nitrogens with zero attached hydrogens (tertiary/aromatic N) is 3. The van der Waals surface area contributed by atoms with Crippen LogP contribution in [0.2, 0.25) is 0 Å². The van der Waals surface area contributed by atoms with E-state index in [-0.39, 0.29) is 21.9 Å². The summed E-state index contributed by atoms with van der Waals surface area (Å²) in [7, 11) is 1.43. The Morgan fingerprint density at radius 3 is 2.28 bits per heavy atom. The second-order valence-corrected chi connectivity index (χ2v) is 8.25. The van der Waals surface area contributed by atoms with E-state index in [1.54, 1.807) is 36.4 Å². The van der Waals surface area contributed by atoms with Crippen molar-refractivity contribution in [1.29, 1.82) is 5.26 Å². The van der Waals surface area contributed by atoms with Crippen molar-refractivity contribution in [3.8, 4) is 11.8 Å². The largest absolute Gasteiger partial charge is 0.422 e. The summed E-state index contributed by atoms with van der Waals surface area (Å²) in [4.78, 5) is 12.1. The van der Waals surface area contributed by atoms with Crippen molar-refractivity contribution >= 4 is 37.1 Å². The first-order valence-corrected chi connectivity index (χ1v) is 10.5. The average molecular weight is 426 g/mol. The molecule has 0 aromatic heterocycles. The van der Waals surface area contributed by atoms with Gasteiger partial charge in [0, 0.05) is 10.7 Å². The minimum Gasteiger partial charge on any atom is -0.422 e. The standard InChI is InChI=1S/C20H12ClN3O4S/c21-29(26,27)18-8-4-7-16(12-18)23-24-17-9-10-19(15(11-17)13-22)28-20(25)14-5-2-1-3-6-14/h1-12H. The highest BCUT2D eigenvalue weighted by atomic mass is 35.7. The summed E-state index contributed by atoms with van der Waals surface area (Å²) in [6.07, 6.45) is 0. The van der Waals surface area contributed by atoms with Crippen molar-refractivity contribution in [1.82, 2.24) is 0 Å². The maximum absolute atomic E-state index is 12.2. The van der Waals surface area contributed by atoms with Gasteiger partial charge in [-0.25, -0.2) is 13.2 Å². The Hall–Kier alpha value is -3.54. The predicted molar refractivity (Wildman–Crippen MR) is 106 cm³/mol. The molecule has 0 saturated heterocycles. The third-order valence-electron chi connectivity index (χ3n) is 3.68. The number of hydrogen-bond donors (Lipinski definition) is 0. The van der Waals surface area contributed by atoms with Crippen molar-refractivity contribution < 1.29 is 17.9 Å². The smallest absolute Gasteiger partial charge is 0.343 e. The second kappa shape index (κ2) is 8.65. The van der Waals surface area contributed by atoms with Gasteiger partial charge in [-0.05, 0) is 48.5 Å². The lowest BCUT2D eigenvalue weighted by Gasteiger charge is -2.06. The fourth-order valence-electron chi connectivity index (χ4n) is 2.30. The average Bonchev–Trinajstić information content (AvgIpc) is 2.73. The summed E-state index contributed by atoms with van der Waals surface area (Å²) in [5.41, 5.74) is 1.04. The van der Waals surface area contributed by atoms with Crippen molar-refractivity contribution in [3.63, 3.8) is 0 Å². The molecule has 9 heteroatoms. The van der Waals surface area contributed by atoms with Gasteiger partial charge in [-0.3, -0.25) is 0 Å². The Labute approximate surface area is 171 Å². The minimum atomic E-state index is -3.88. The summed E-state index contributed by atoms with van der Waals surface area (Å²) >= 11 is 0. The summed E-state index contributed by atoms with van der Waals surface area (Å²) in [5.74, 6) is -0.494. The molecule has 3 aromatic carbocycles. The van der Waals surface area contributed by atoms with E-state index >= 15 is 0 Å². The molecule has 0 bridgehead atoms. The number of halogens is 1. The zero-order valence-corrected chi connectivity index (χ0v) is 16.3. The molecule has 7 nitrogen and oxygen atoms in total. The number of rotatable bonds is 5. The predicted octanol–water partition coefficient (Wildman–Crippen LogP) is 5.12. The van der Waals surface area contributed by atoms with Gasteiger partial charge in [-0.15, -0.1) is 0 Å². The van der Waals surface area contributed by atoms with Crippen LogP contribution in [0.3, 0.4) is 0 Å². The van der Waals surface area contributed by atoms with Gasteiger partial charge in [0.05, 0.1) is 27.4 Å². The molecule has 0 N–H and O–H groups in total. The monoisotopic (exact) mass is 425 g/mol. The number of carbonyl (C=O) groups is 1. The molecule has 3 aromatic rings. The summed E-state index contributed by atoms with van der Waals surface area (Å²) in [6.45, 7) is 0. The van der Waals surface area contributed by atoms with Gasteiger partial charge in [0.15, 0.2) is 0 Å². The normalized spacial score (nSPS) is 11.2. The fraction of sp³-hybridized carbons (Fsp3) is 0. The van der Waals surface area contributed by atoms with Crippen LogP contribution >= 0.6 is 10.7 Å². The van der Waals surface area contributed by atoms with Gasteiger partial charge in [-0.1, -0.05) is 24.3 Å². The van der Waals surface area contributed by atoms with E-state index in [9.17, 15) is 18.5 Å². The number of nitriles is 1. The van der Waals surface area contributed by atoms with Gasteiger partial charge < -0.3 is 4.74 Å². The highest BCUT2D eigenvalue weighted by Gasteiger charge is 2.12. The quantitative estimate of drug-likeness (QED) is 0.244. The van der Waals surface area contributed by atoms with Gasteiger partial charge in [0.1, 0.15) is 11.8 Å². The van der Waals surface area contributed by atoms with Crippen molar-refractivity contribution in [2.75, 3.05) is 0 Å². The van der Waals surface area contributed by atoms with Crippen LogP contribution in [0.4, 0.5) is 11.4 Å². The molecule has 0 unspecified atom stereocenters. The molecule has 0 aliphatic carbocycles. The first-order chi connectivity index (χ1) is 13.9. The molecule has 0 saturated carbocycles. The molecule has 3 rings (SSSR count). The number of ether oxygens (including phenoxy) is 1. The summed E-state index contributed by atoms with van der Waals surface area (Å²) in [6, 6.07) is 20.3. The van der Waals surface area contributed by atoms with Crippen molar-refractivity contribution in [2.45, 2.75) is 4.90 Å². The van der Waals surface area contributed by atoms with Crippen LogP contribution in [-0.4, -0.2) is 14.4 Å². The van der Waals surface area contributed by atoms with E-state index in [1.165, 1.54) is 36.4 Å². The molecule has 0 amide bonds. The zero-order valence-electron chi connectivity index (χ0n) is 14.7. The van der Waals surface area contributed by atoms with Crippen LogP contribution in [0.25, 0.3) is 0 Å². The van der Waals surface area contributed by atoms with E-state index in [4.69, 9.17) is 15.4 Å². The first kappa shape index (κ1) is 20.2. The zero-order chi connectivity index (χ0) is 20.9. The highest BCUT2D eigenvalue weighted by molar-refractivity contribution is 8.13. The molecule has 0 radical (unpaired) electrons. The highest BCUT2D eigenvalue weighted by Crippen LogP contribution is 2.27. The number of carbonyl (C=O) groups excluding carboxylic acids is 1. The van der Waals surface area contributed by atoms with Crippen LogP contribution in [0.5, 0.6) is 5.75 Å². The fourth-order valence-corrected chi connectivity index (χ4v) is 3.09. The van der Waals surface area contributed by atoms with Crippen LogP contribution < -0.4 is 4.74 Å². The number of azo groups is 1. The van der Waals surface area contributed by atoms with Gasteiger partial charge in [-0.2, -0.15) is 15.5 Å². The Kier molecular flexibility index (Phi) is 6.02. The summed E-state index contributed by atoms with van der Waals surface area (Å²) in [5, 5.41) is 17.3. The molecular weight excluding hydrogens is 414 g/mol. The van der Waals surface area contributed by atoms with Crippen LogP contribution in [0, 0.1) is 11.3 Å². The molecule has 144 valence electrons. The van der Waals surface area contributed by atoms with Gasteiger partial charge in [0.25, 0.3) is 9.05 Å². The Bertz CT molecular complexity index is 1240. The van der Waals surface area contributed by atoms with E-state index in [2.05, 4.69) is 10.2 Å². The van der Waals surface area contributed by atoms with Crippen LogP contribution in [0.1, 0.15) is 15.9 Å².